The molecule has 80 valence electrons. The zero-order valence-electron chi connectivity index (χ0n) is 7.86. The van der Waals surface area contributed by atoms with Crippen molar-refractivity contribution in [3.8, 4) is 6.26 Å². The molecule has 0 aromatic carbocycles. The van der Waals surface area contributed by atoms with Gasteiger partial charge in [-0.3, -0.25) is 0 Å². The Morgan fingerprint density at radius 2 is 2.07 bits per heavy atom. The van der Waals surface area contributed by atoms with Crippen LogP contribution in [0.2, 0.25) is 0 Å². The Kier molecular flexibility index (Phi) is 9.22. The van der Waals surface area contributed by atoms with Gasteiger partial charge in [-0.25, -0.2) is 4.79 Å². The number of carbonyl (C=O) groups excluding carboxylic acids is 1. The maximum absolute atomic E-state index is 10.5. The fourth-order valence-electron chi connectivity index (χ4n) is 0.921. The predicted octanol–water partition coefficient (Wildman–Crippen LogP) is 1.62. The summed E-state index contributed by atoms with van der Waals surface area (Å²) in [4.78, 5) is 10.5. The standard InChI is InChI=1S/C8H14N2O3S/c9-7-12-6-4-2-1-3-5-10-8(11)13-14/h14H,1-6H2,(H,10,11). The molecule has 0 spiro atoms. The Morgan fingerprint density at radius 3 is 2.71 bits per heavy atom. The molecule has 1 N–H and O–H groups in total. The number of carbonyl (C=O) groups is 1. The number of nitrogens with zero attached hydrogens (tertiary/aromatic N) is 1. The van der Waals surface area contributed by atoms with E-state index in [0.29, 0.717) is 13.2 Å². The number of ether oxygens (including phenoxy) is 1. The van der Waals surface area contributed by atoms with Gasteiger partial charge in [0, 0.05) is 19.5 Å². The quantitative estimate of drug-likeness (QED) is 0.295. The van der Waals surface area contributed by atoms with Crippen LogP contribution in [0.1, 0.15) is 25.7 Å². The van der Waals surface area contributed by atoms with Crippen LogP contribution in [-0.4, -0.2) is 19.2 Å². The first-order valence-electron chi connectivity index (χ1n) is 4.41. The lowest BCUT2D eigenvalue weighted by molar-refractivity contribution is 0.209. The summed E-state index contributed by atoms with van der Waals surface area (Å²) < 4.78 is 8.60. The molecule has 1 amide bonds. The lowest BCUT2D eigenvalue weighted by atomic mass is 10.2. The van der Waals surface area contributed by atoms with E-state index < -0.39 is 6.09 Å². The van der Waals surface area contributed by atoms with Crippen molar-refractivity contribution in [1.82, 2.24) is 5.32 Å². The number of rotatable bonds is 7. The van der Waals surface area contributed by atoms with E-state index in [1.807, 2.05) is 0 Å². The Labute approximate surface area is 89.0 Å². The molecular formula is C8H14N2O3S. The SMILES string of the molecule is N#COCCCCCCNC(=O)OS. The Balaban J connectivity index is 3.00. The fourth-order valence-corrected chi connectivity index (χ4v) is 0.986. The van der Waals surface area contributed by atoms with E-state index in [-0.39, 0.29) is 0 Å². The van der Waals surface area contributed by atoms with Gasteiger partial charge in [-0.1, -0.05) is 6.42 Å². The molecule has 0 atom stereocenters. The Bertz CT molecular complexity index is 194. The highest BCUT2D eigenvalue weighted by Gasteiger charge is 1.96. The number of nitriles is 1. The lowest BCUT2D eigenvalue weighted by Gasteiger charge is -2.02. The number of nitrogens with one attached hydrogen (secondary N) is 1. The minimum Gasteiger partial charge on any atom is -0.428 e. The predicted molar refractivity (Wildman–Crippen MR) is 53.5 cm³/mol. The van der Waals surface area contributed by atoms with Gasteiger partial charge < -0.3 is 14.2 Å². The summed E-state index contributed by atoms with van der Waals surface area (Å²) >= 11 is 3.34. The number of thiol groups is 1. The van der Waals surface area contributed by atoms with Crippen molar-refractivity contribution in [3.05, 3.63) is 0 Å². The highest BCUT2D eigenvalue weighted by Crippen LogP contribution is 1.99. The molecule has 0 saturated carbocycles. The van der Waals surface area contributed by atoms with Crippen molar-refractivity contribution < 1.29 is 13.7 Å². The first-order chi connectivity index (χ1) is 6.81. The van der Waals surface area contributed by atoms with Gasteiger partial charge in [0.2, 0.25) is 0 Å². The molecule has 0 aliphatic heterocycles. The maximum Gasteiger partial charge on any atom is 0.419 e. The minimum atomic E-state index is -0.527. The van der Waals surface area contributed by atoms with Crippen molar-refractivity contribution in [3.63, 3.8) is 0 Å². The fraction of sp³-hybridized carbons (Fsp3) is 0.750. The summed E-state index contributed by atoms with van der Waals surface area (Å²) in [6.07, 6.45) is 4.81. The molecule has 0 aromatic heterocycles. The van der Waals surface area contributed by atoms with Crippen LogP contribution in [0, 0.1) is 11.5 Å². The van der Waals surface area contributed by atoms with Gasteiger partial charge in [0.1, 0.15) is 6.61 Å². The van der Waals surface area contributed by atoms with Crippen molar-refractivity contribution >= 4 is 19.0 Å². The molecule has 0 aliphatic rings. The van der Waals surface area contributed by atoms with Gasteiger partial charge in [0.25, 0.3) is 6.26 Å². The first kappa shape index (κ1) is 12.9. The molecule has 0 fully saturated rings. The molecule has 0 heterocycles. The summed E-state index contributed by atoms with van der Waals surface area (Å²) in [5, 5.41) is 10.6. The largest absolute Gasteiger partial charge is 0.428 e. The summed E-state index contributed by atoms with van der Waals surface area (Å²) in [6, 6.07) is 0. The van der Waals surface area contributed by atoms with Gasteiger partial charge in [-0.05, 0) is 19.3 Å². The highest BCUT2D eigenvalue weighted by atomic mass is 32.1. The van der Waals surface area contributed by atoms with Crippen molar-refractivity contribution in [2.45, 2.75) is 25.7 Å². The summed E-state index contributed by atoms with van der Waals surface area (Å²) in [5.41, 5.74) is 0. The lowest BCUT2D eigenvalue weighted by Crippen LogP contribution is -2.22. The van der Waals surface area contributed by atoms with Gasteiger partial charge in [-0.2, -0.15) is 5.26 Å². The van der Waals surface area contributed by atoms with Crippen LogP contribution in [0.3, 0.4) is 0 Å². The highest BCUT2D eigenvalue weighted by molar-refractivity contribution is 7.75. The van der Waals surface area contributed by atoms with Gasteiger partial charge >= 0.3 is 6.09 Å². The Morgan fingerprint density at radius 1 is 1.36 bits per heavy atom. The van der Waals surface area contributed by atoms with E-state index in [0.717, 1.165) is 25.7 Å². The van der Waals surface area contributed by atoms with E-state index in [4.69, 9.17) is 5.26 Å². The molecule has 0 aliphatic carbocycles. The van der Waals surface area contributed by atoms with E-state index in [1.165, 1.54) is 0 Å². The third kappa shape index (κ3) is 9.00. The molecule has 0 rings (SSSR count). The van der Waals surface area contributed by atoms with Crippen LogP contribution in [-0.2, 0) is 8.92 Å². The molecule has 0 saturated heterocycles. The van der Waals surface area contributed by atoms with Crippen molar-refractivity contribution in [1.29, 1.82) is 5.26 Å². The summed E-state index contributed by atoms with van der Waals surface area (Å²) in [6.45, 7) is 1.06. The molecule has 0 unspecified atom stereocenters. The van der Waals surface area contributed by atoms with E-state index in [9.17, 15) is 4.79 Å². The second kappa shape index (κ2) is 9.99. The average molecular weight is 218 g/mol. The van der Waals surface area contributed by atoms with E-state index in [1.54, 1.807) is 6.26 Å². The molecule has 0 aromatic rings. The third-order valence-corrected chi connectivity index (χ3v) is 1.76. The van der Waals surface area contributed by atoms with Crippen LogP contribution in [0.5, 0.6) is 0 Å². The molecule has 5 nitrogen and oxygen atoms in total. The summed E-state index contributed by atoms with van der Waals surface area (Å²) in [7, 11) is 0. The molecule has 6 heteroatoms. The van der Waals surface area contributed by atoms with E-state index in [2.05, 4.69) is 27.1 Å². The molecular weight excluding hydrogens is 204 g/mol. The number of unbranched alkanes of at least 4 members (excludes halogenated alkanes) is 3. The molecule has 0 bridgehead atoms. The van der Waals surface area contributed by atoms with Crippen molar-refractivity contribution in [2.75, 3.05) is 13.2 Å². The topological polar surface area (TPSA) is 71.3 Å². The Hall–Kier alpha value is -1.09. The second-order valence-electron chi connectivity index (χ2n) is 2.66. The second-order valence-corrected chi connectivity index (χ2v) is 2.84. The van der Waals surface area contributed by atoms with Gasteiger partial charge in [-0.15, -0.1) is 0 Å². The zero-order chi connectivity index (χ0) is 10.6. The monoisotopic (exact) mass is 218 g/mol. The smallest absolute Gasteiger partial charge is 0.419 e. The van der Waals surface area contributed by atoms with E-state index >= 15 is 0 Å². The number of hydrogen-bond acceptors (Lipinski definition) is 5. The van der Waals surface area contributed by atoms with Crippen LogP contribution >= 0.6 is 12.9 Å². The van der Waals surface area contributed by atoms with Crippen LogP contribution < -0.4 is 5.32 Å². The molecule has 14 heavy (non-hydrogen) atoms. The van der Waals surface area contributed by atoms with Crippen LogP contribution in [0.25, 0.3) is 0 Å². The number of hydrogen-bond donors (Lipinski definition) is 2. The van der Waals surface area contributed by atoms with Gasteiger partial charge in [0.05, 0.1) is 0 Å². The number of amides is 1. The maximum atomic E-state index is 10.5. The zero-order valence-corrected chi connectivity index (χ0v) is 8.76. The van der Waals surface area contributed by atoms with Crippen LogP contribution in [0.15, 0.2) is 0 Å². The summed E-state index contributed by atoms with van der Waals surface area (Å²) in [5.74, 6) is 0. The minimum absolute atomic E-state index is 0.475. The third-order valence-electron chi connectivity index (χ3n) is 1.59. The van der Waals surface area contributed by atoms with Crippen molar-refractivity contribution in [2.24, 2.45) is 0 Å². The normalized spacial score (nSPS) is 8.86. The molecule has 0 radical (unpaired) electrons. The average Bonchev–Trinajstić information content (AvgIpc) is 2.21. The van der Waals surface area contributed by atoms with Crippen LogP contribution in [0.4, 0.5) is 4.79 Å². The first-order valence-corrected chi connectivity index (χ1v) is 4.78. The van der Waals surface area contributed by atoms with Gasteiger partial charge in [0.15, 0.2) is 0 Å².